The minimum atomic E-state index is 0.340. The molecule has 0 amide bonds. The van der Waals surface area contributed by atoms with E-state index < -0.39 is 0 Å². The van der Waals surface area contributed by atoms with Gasteiger partial charge in [0.15, 0.2) is 11.6 Å². The fraction of sp³-hybridized carbons (Fsp3) is 0.692. The SMILES string of the molecule is CCNc1ncnc(N2CCOCC2CC)c1OC. The number of hydrogen-bond acceptors (Lipinski definition) is 6. The molecule has 1 saturated heterocycles. The second-order valence-corrected chi connectivity index (χ2v) is 4.44. The number of anilines is 2. The Bertz CT molecular complexity index is 414. The summed E-state index contributed by atoms with van der Waals surface area (Å²) in [6.45, 7) is 7.28. The van der Waals surface area contributed by atoms with Crippen LogP contribution in [0, 0.1) is 0 Å². The van der Waals surface area contributed by atoms with Crippen molar-refractivity contribution in [1.29, 1.82) is 0 Å². The van der Waals surface area contributed by atoms with Crippen LogP contribution in [-0.4, -0.2) is 49.4 Å². The molecule has 1 N–H and O–H groups in total. The van der Waals surface area contributed by atoms with Crippen molar-refractivity contribution in [3.63, 3.8) is 0 Å². The van der Waals surface area contributed by atoms with E-state index in [2.05, 4.69) is 27.1 Å². The summed E-state index contributed by atoms with van der Waals surface area (Å²) in [5.74, 6) is 2.31. The lowest BCUT2D eigenvalue weighted by atomic mass is 10.1. The molecule has 6 heteroatoms. The number of hydrogen-bond donors (Lipinski definition) is 1. The summed E-state index contributed by atoms with van der Waals surface area (Å²) in [6, 6.07) is 0.340. The lowest BCUT2D eigenvalue weighted by Gasteiger charge is -2.36. The molecule has 1 atom stereocenters. The van der Waals surface area contributed by atoms with Gasteiger partial charge in [0, 0.05) is 13.1 Å². The summed E-state index contributed by atoms with van der Waals surface area (Å²) in [4.78, 5) is 10.9. The number of rotatable bonds is 5. The van der Waals surface area contributed by atoms with Crippen LogP contribution in [0.15, 0.2) is 6.33 Å². The molecular formula is C13H22N4O2. The number of nitrogens with one attached hydrogen (secondary N) is 1. The first-order valence-corrected chi connectivity index (χ1v) is 6.79. The Morgan fingerprint density at radius 2 is 2.32 bits per heavy atom. The van der Waals surface area contributed by atoms with E-state index in [0.717, 1.165) is 44.4 Å². The largest absolute Gasteiger partial charge is 0.490 e. The smallest absolute Gasteiger partial charge is 0.204 e. The first kappa shape index (κ1) is 13.9. The zero-order valence-electron chi connectivity index (χ0n) is 11.8. The number of morpholine rings is 1. The van der Waals surface area contributed by atoms with Gasteiger partial charge in [0.2, 0.25) is 5.75 Å². The molecule has 19 heavy (non-hydrogen) atoms. The van der Waals surface area contributed by atoms with Gasteiger partial charge in [-0.1, -0.05) is 6.92 Å². The molecule has 0 bridgehead atoms. The zero-order chi connectivity index (χ0) is 13.7. The molecule has 0 radical (unpaired) electrons. The first-order chi connectivity index (χ1) is 9.31. The van der Waals surface area contributed by atoms with Crippen molar-refractivity contribution in [1.82, 2.24) is 9.97 Å². The molecule has 0 aliphatic carbocycles. The van der Waals surface area contributed by atoms with Gasteiger partial charge in [-0.05, 0) is 13.3 Å². The lowest BCUT2D eigenvalue weighted by Crippen LogP contribution is -2.45. The Kier molecular flexibility index (Phi) is 4.79. The van der Waals surface area contributed by atoms with E-state index in [4.69, 9.17) is 9.47 Å². The van der Waals surface area contributed by atoms with E-state index in [0.29, 0.717) is 11.8 Å². The highest BCUT2D eigenvalue weighted by Gasteiger charge is 2.26. The third-order valence-corrected chi connectivity index (χ3v) is 3.30. The fourth-order valence-corrected chi connectivity index (χ4v) is 2.32. The number of methoxy groups -OCH3 is 1. The van der Waals surface area contributed by atoms with E-state index in [1.807, 2.05) is 6.92 Å². The van der Waals surface area contributed by atoms with Crippen molar-refractivity contribution in [3.8, 4) is 5.75 Å². The van der Waals surface area contributed by atoms with Gasteiger partial charge in [0.1, 0.15) is 6.33 Å². The predicted octanol–water partition coefficient (Wildman–Crippen LogP) is 1.53. The highest BCUT2D eigenvalue weighted by Crippen LogP contribution is 2.33. The highest BCUT2D eigenvalue weighted by atomic mass is 16.5. The zero-order valence-corrected chi connectivity index (χ0v) is 11.8. The normalized spacial score (nSPS) is 19.3. The maximum absolute atomic E-state index is 5.53. The second kappa shape index (κ2) is 6.56. The average Bonchev–Trinajstić information content (AvgIpc) is 2.47. The molecule has 1 fully saturated rings. The topological polar surface area (TPSA) is 59.5 Å². The number of nitrogens with zero attached hydrogens (tertiary/aromatic N) is 3. The number of aromatic nitrogens is 2. The molecule has 1 unspecified atom stereocenters. The average molecular weight is 266 g/mol. The first-order valence-electron chi connectivity index (χ1n) is 6.79. The third kappa shape index (κ3) is 2.89. The van der Waals surface area contributed by atoms with Crippen LogP contribution in [0.3, 0.4) is 0 Å². The Morgan fingerprint density at radius 3 is 3.00 bits per heavy atom. The van der Waals surface area contributed by atoms with Gasteiger partial charge in [-0.25, -0.2) is 9.97 Å². The van der Waals surface area contributed by atoms with E-state index in [-0.39, 0.29) is 0 Å². The molecule has 1 aromatic rings. The van der Waals surface area contributed by atoms with E-state index in [1.165, 1.54) is 0 Å². The van der Waals surface area contributed by atoms with Crippen LogP contribution >= 0.6 is 0 Å². The van der Waals surface area contributed by atoms with Gasteiger partial charge in [0.05, 0.1) is 26.4 Å². The molecule has 2 rings (SSSR count). The molecular weight excluding hydrogens is 244 g/mol. The van der Waals surface area contributed by atoms with Crippen molar-refractivity contribution < 1.29 is 9.47 Å². The fourth-order valence-electron chi connectivity index (χ4n) is 2.32. The Balaban J connectivity index is 2.34. The Labute approximate surface area is 114 Å². The molecule has 106 valence electrons. The summed E-state index contributed by atoms with van der Waals surface area (Å²) >= 11 is 0. The monoisotopic (exact) mass is 266 g/mol. The minimum absolute atomic E-state index is 0.340. The molecule has 2 heterocycles. The van der Waals surface area contributed by atoms with Gasteiger partial charge >= 0.3 is 0 Å². The maximum atomic E-state index is 5.53. The van der Waals surface area contributed by atoms with Crippen molar-refractivity contribution in [2.45, 2.75) is 26.3 Å². The van der Waals surface area contributed by atoms with Gasteiger partial charge in [0.25, 0.3) is 0 Å². The van der Waals surface area contributed by atoms with Crippen LogP contribution in [0.4, 0.5) is 11.6 Å². The molecule has 1 aromatic heterocycles. The summed E-state index contributed by atoms with van der Waals surface area (Å²) in [7, 11) is 1.66. The van der Waals surface area contributed by atoms with Crippen molar-refractivity contribution in [2.24, 2.45) is 0 Å². The second-order valence-electron chi connectivity index (χ2n) is 4.44. The van der Waals surface area contributed by atoms with Crippen molar-refractivity contribution in [3.05, 3.63) is 6.33 Å². The van der Waals surface area contributed by atoms with E-state index in [9.17, 15) is 0 Å². The van der Waals surface area contributed by atoms with Crippen molar-refractivity contribution >= 4 is 11.6 Å². The lowest BCUT2D eigenvalue weighted by molar-refractivity contribution is 0.0922. The predicted molar refractivity (Wildman–Crippen MR) is 75.0 cm³/mol. The molecule has 0 spiro atoms. The Hall–Kier alpha value is -1.56. The third-order valence-electron chi connectivity index (χ3n) is 3.30. The van der Waals surface area contributed by atoms with Gasteiger partial charge < -0.3 is 19.7 Å². The highest BCUT2D eigenvalue weighted by molar-refractivity contribution is 5.65. The van der Waals surface area contributed by atoms with E-state index >= 15 is 0 Å². The van der Waals surface area contributed by atoms with Crippen LogP contribution in [0.1, 0.15) is 20.3 Å². The van der Waals surface area contributed by atoms with Crippen LogP contribution in [0.2, 0.25) is 0 Å². The number of ether oxygens (including phenoxy) is 2. The quantitative estimate of drug-likeness (QED) is 0.872. The summed E-state index contributed by atoms with van der Waals surface area (Å²) < 4.78 is 11.0. The van der Waals surface area contributed by atoms with Gasteiger partial charge in [-0.15, -0.1) is 0 Å². The molecule has 0 aromatic carbocycles. The molecule has 1 aliphatic rings. The Morgan fingerprint density at radius 1 is 1.47 bits per heavy atom. The summed E-state index contributed by atoms with van der Waals surface area (Å²) in [6.07, 6.45) is 2.60. The van der Waals surface area contributed by atoms with Crippen LogP contribution in [0.5, 0.6) is 5.75 Å². The summed E-state index contributed by atoms with van der Waals surface area (Å²) in [5.41, 5.74) is 0. The molecule has 1 aliphatic heterocycles. The van der Waals surface area contributed by atoms with Crippen LogP contribution in [-0.2, 0) is 4.74 Å². The van der Waals surface area contributed by atoms with E-state index in [1.54, 1.807) is 13.4 Å². The van der Waals surface area contributed by atoms with Crippen LogP contribution < -0.4 is 15.0 Å². The van der Waals surface area contributed by atoms with Gasteiger partial charge in [-0.2, -0.15) is 0 Å². The van der Waals surface area contributed by atoms with Crippen molar-refractivity contribution in [2.75, 3.05) is 43.6 Å². The van der Waals surface area contributed by atoms with Gasteiger partial charge in [-0.3, -0.25) is 0 Å². The van der Waals surface area contributed by atoms with Crippen LogP contribution in [0.25, 0.3) is 0 Å². The molecule has 6 nitrogen and oxygen atoms in total. The summed E-state index contributed by atoms with van der Waals surface area (Å²) in [5, 5.41) is 3.21. The standard InChI is InChI=1S/C13H22N4O2/c1-4-10-8-19-7-6-17(10)13-11(18-3)12(14-5-2)15-9-16-13/h9-10H,4-8H2,1-3H3,(H,14,15,16). The molecule has 0 saturated carbocycles. The minimum Gasteiger partial charge on any atom is -0.490 e. The maximum Gasteiger partial charge on any atom is 0.204 e.